The Morgan fingerprint density at radius 2 is 1.63 bits per heavy atom. The third kappa shape index (κ3) is 6.59. The number of hydrogen-bond donors (Lipinski definition) is 1. The van der Waals surface area contributed by atoms with Crippen molar-refractivity contribution in [3.63, 3.8) is 0 Å². The number of esters is 2. The van der Waals surface area contributed by atoms with E-state index in [1.165, 1.54) is 19.1 Å². The Morgan fingerprint density at radius 3 is 2.26 bits per heavy atom. The minimum Gasteiger partial charge on any atom is -0.486 e. The Morgan fingerprint density at radius 1 is 0.977 bits per heavy atom. The third-order valence-electron chi connectivity index (χ3n) is 7.04. The first-order valence-electron chi connectivity index (χ1n) is 13.9. The number of rotatable bonds is 6. The zero-order valence-electron chi connectivity index (χ0n) is 25.0. The highest BCUT2D eigenvalue weighted by atomic mass is 16.6. The number of carbonyl (C=O) groups is 3. The molecule has 0 radical (unpaired) electrons. The highest BCUT2D eigenvalue weighted by Crippen LogP contribution is 2.45. The number of methoxy groups -OCH3 is 2. The van der Waals surface area contributed by atoms with Gasteiger partial charge in [-0.2, -0.15) is 5.26 Å². The molecule has 0 bridgehead atoms. The number of piperidine rings is 1. The second-order valence-electron chi connectivity index (χ2n) is 11.1. The SMILES string of the molecule is COC(=O)C1=C(C(=O)OC)N(c2ccccc2OC2CCCN(C(=O)OC(C)(C)C)C2)C(N)=C(C#N)C1c1ccccc1. The average molecular weight is 589 g/mol. The maximum atomic E-state index is 13.4. The van der Waals surface area contributed by atoms with Crippen LogP contribution in [0.25, 0.3) is 0 Å². The molecule has 2 aliphatic rings. The summed E-state index contributed by atoms with van der Waals surface area (Å²) in [6.45, 7) is 6.23. The fourth-order valence-corrected chi connectivity index (χ4v) is 5.21. The lowest BCUT2D eigenvalue weighted by molar-refractivity contribution is -0.139. The second kappa shape index (κ2) is 12.9. The van der Waals surface area contributed by atoms with Crippen LogP contribution in [0, 0.1) is 11.3 Å². The second-order valence-corrected chi connectivity index (χ2v) is 11.1. The Balaban J connectivity index is 1.81. The van der Waals surface area contributed by atoms with E-state index in [2.05, 4.69) is 6.07 Å². The van der Waals surface area contributed by atoms with E-state index in [0.717, 1.165) is 0 Å². The molecular formula is C32H36N4O7. The number of ether oxygens (including phenoxy) is 4. The van der Waals surface area contributed by atoms with Crippen LogP contribution in [-0.4, -0.2) is 61.9 Å². The lowest BCUT2D eigenvalue weighted by atomic mass is 9.81. The van der Waals surface area contributed by atoms with Crippen molar-refractivity contribution in [1.29, 1.82) is 5.26 Å². The fraction of sp³-hybridized carbons (Fsp3) is 0.375. The van der Waals surface area contributed by atoms with Gasteiger partial charge in [-0.25, -0.2) is 14.4 Å². The van der Waals surface area contributed by atoms with Gasteiger partial charge in [0.25, 0.3) is 0 Å². The van der Waals surface area contributed by atoms with Gasteiger partial charge < -0.3 is 29.6 Å². The number of hydrogen-bond acceptors (Lipinski definition) is 10. The summed E-state index contributed by atoms with van der Waals surface area (Å²) in [7, 11) is 2.39. The number of amides is 1. The monoisotopic (exact) mass is 588 g/mol. The number of nitriles is 1. The van der Waals surface area contributed by atoms with Crippen molar-refractivity contribution in [3.05, 3.63) is 82.8 Å². The molecule has 0 spiro atoms. The van der Waals surface area contributed by atoms with E-state index in [4.69, 9.17) is 24.7 Å². The van der Waals surface area contributed by atoms with Crippen molar-refractivity contribution in [2.75, 3.05) is 32.2 Å². The molecule has 43 heavy (non-hydrogen) atoms. The number of allylic oxidation sites excluding steroid dienone is 1. The van der Waals surface area contributed by atoms with Gasteiger partial charge in [-0.3, -0.25) is 4.90 Å². The topological polar surface area (TPSA) is 144 Å². The summed E-state index contributed by atoms with van der Waals surface area (Å²) in [5.74, 6) is -2.41. The molecule has 11 heteroatoms. The van der Waals surface area contributed by atoms with Gasteiger partial charge in [0.1, 0.15) is 29.0 Å². The maximum absolute atomic E-state index is 13.4. The van der Waals surface area contributed by atoms with Gasteiger partial charge in [0.05, 0.1) is 49.6 Å². The number of carbonyl (C=O) groups excluding carboxylic acids is 3. The predicted molar refractivity (Wildman–Crippen MR) is 157 cm³/mol. The van der Waals surface area contributed by atoms with Gasteiger partial charge in [0, 0.05) is 6.54 Å². The van der Waals surface area contributed by atoms with Gasteiger partial charge in [0.15, 0.2) is 0 Å². The van der Waals surface area contributed by atoms with Crippen LogP contribution in [0.1, 0.15) is 45.1 Å². The van der Waals surface area contributed by atoms with Crippen LogP contribution in [-0.2, 0) is 23.8 Å². The first-order chi connectivity index (χ1) is 20.5. The fourth-order valence-electron chi connectivity index (χ4n) is 5.21. The van der Waals surface area contributed by atoms with Crippen molar-refractivity contribution < 1.29 is 33.3 Å². The molecule has 2 unspecified atom stereocenters. The predicted octanol–water partition coefficient (Wildman–Crippen LogP) is 4.36. The molecule has 4 rings (SSSR count). The first-order valence-corrected chi connectivity index (χ1v) is 13.9. The van der Waals surface area contributed by atoms with Crippen LogP contribution >= 0.6 is 0 Å². The number of anilines is 1. The summed E-state index contributed by atoms with van der Waals surface area (Å²) in [4.78, 5) is 42.5. The number of para-hydroxylation sites is 2. The van der Waals surface area contributed by atoms with E-state index in [9.17, 15) is 19.6 Å². The molecule has 2 aliphatic heterocycles. The molecule has 2 aromatic carbocycles. The van der Waals surface area contributed by atoms with Crippen molar-refractivity contribution in [2.45, 2.75) is 51.2 Å². The quantitative estimate of drug-likeness (QED) is 0.382. The summed E-state index contributed by atoms with van der Waals surface area (Å²) < 4.78 is 22.2. The average Bonchev–Trinajstić information content (AvgIpc) is 2.99. The summed E-state index contributed by atoms with van der Waals surface area (Å²) in [6.07, 6.45) is 0.512. The zero-order chi connectivity index (χ0) is 31.3. The molecule has 2 N–H and O–H groups in total. The molecule has 226 valence electrons. The summed E-state index contributed by atoms with van der Waals surface area (Å²) in [5.41, 5.74) is 6.64. The van der Waals surface area contributed by atoms with E-state index < -0.39 is 35.7 Å². The summed E-state index contributed by atoms with van der Waals surface area (Å²) >= 11 is 0. The van der Waals surface area contributed by atoms with Crippen LogP contribution < -0.4 is 15.4 Å². The van der Waals surface area contributed by atoms with Gasteiger partial charge in [-0.1, -0.05) is 42.5 Å². The van der Waals surface area contributed by atoms with Crippen molar-refractivity contribution >= 4 is 23.7 Å². The molecule has 2 atom stereocenters. The lowest BCUT2D eigenvalue weighted by Crippen LogP contribution is -2.46. The molecule has 0 aliphatic carbocycles. The van der Waals surface area contributed by atoms with Crippen molar-refractivity contribution in [2.24, 2.45) is 5.73 Å². The van der Waals surface area contributed by atoms with Crippen LogP contribution in [0.5, 0.6) is 5.75 Å². The van der Waals surface area contributed by atoms with E-state index in [1.807, 2.05) is 20.8 Å². The first kappa shape index (κ1) is 31.0. The number of likely N-dealkylation sites (tertiary alicyclic amines) is 1. The molecule has 1 saturated heterocycles. The molecular weight excluding hydrogens is 552 g/mol. The lowest BCUT2D eigenvalue weighted by Gasteiger charge is -2.37. The minimum absolute atomic E-state index is 0.0443. The third-order valence-corrected chi connectivity index (χ3v) is 7.04. The molecule has 2 heterocycles. The van der Waals surface area contributed by atoms with E-state index >= 15 is 0 Å². The molecule has 1 fully saturated rings. The smallest absolute Gasteiger partial charge is 0.410 e. The van der Waals surface area contributed by atoms with Gasteiger partial charge in [0.2, 0.25) is 0 Å². The Labute approximate surface area is 251 Å². The molecule has 0 aromatic heterocycles. The standard InChI is InChI=1S/C32H36N4O7/c1-32(2,3)43-31(39)35-17-11-14-21(19-35)42-24-16-10-9-15-23(24)36-27(30(38)41-5)26(29(37)40-4)25(22(18-33)28(36)34)20-12-7-6-8-13-20/h6-10,12-13,15-16,21,25H,11,14,17,19,34H2,1-5H3. The molecule has 11 nitrogen and oxygen atoms in total. The summed E-state index contributed by atoms with van der Waals surface area (Å²) in [6, 6.07) is 17.7. The van der Waals surface area contributed by atoms with Crippen LogP contribution in [0.2, 0.25) is 0 Å². The highest BCUT2D eigenvalue weighted by Gasteiger charge is 2.44. The molecule has 2 aromatic rings. The Kier molecular flexibility index (Phi) is 9.29. The van der Waals surface area contributed by atoms with Crippen LogP contribution in [0.3, 0.4) is 0 Å². The van der Waals surface area contributed by atoms with Crippen molar-refractivity contribution in [3.8, 4) is 11.8 Å². The van der Waals surface area contributed by atoms with Gasteiger partial charge >= 0.3 is 18.0 Å². The van der Waals surface area contributed by atoms with Gasteiger partial charge in [-0.15, -0.1) is 0 Å². The van der Waals surface area contributed by atoms with Crippen molar-refractivity contribution in [1.82, 2.24) is 4.90 Å². The molecule has 1 amide bonds. The number of nitrogens with two attached hydrogens (primary N) is 1. The minimum atomic E-state index is -0.988. The van der Waals surface area contributed by atoms with Crippen LogP contribution in [0.15, 0.2) is 77.3 Å². The highest BCUT2D eigenvalue weighted by molar-refractivity contribution is 6.06. The maximum Gasteiger partial charge on any atom is 0.410 e. The van der Waals surface area contributed by atoms with E-state index in [0.29, 0.717) is 36.4 Å². The van der Waals surface area contributed by atoms with E-state index in [-0.39, 0.29) is 29.2 Å². The van der Waals surface area contributed by atoms with Crippen LogP contribution in [0.4, 0.5) is 10.5 Å². The molecule has 0 saturated carbocycles. The number of nitrogens with zero attached hydrogens (tertiary/aromatic N) is 3. The Bertz CT molecular complexity index is 1490. The zero-order valence-corrected chi connectivity index (χ0v) is 25.0. The Hall–Kier alpha value is -4.98. The summed E-state index contributed by atoms with van der Waals surface area (Å²) in [5, 5.41) is 10.3. The largest absolute Gasteiger partial charge is 0.486 e. The van der Waals surface area contributed by atoms with E-state index in [1.54, 1.807) is 59.5 Å². The number of benzene rings is 2. The normalized spacial score (nSPS) is 19.0. The van der Waals surface area contributed by atoms with Gasteiger partial charge in [-0.05, 0) is 51.3 Å².